The van der Waals surface area contributed by atoms with Gasteiger partial charge in [0.2, 0.25) is 0 Å². The number of hydrogen-bond acceptors (Lipinski definition) is 5. The Labute approximate surface area is 139 Å². The fourth-order valence-corrected chi connectivity index (χ4v) is 4.42. The highest BCUT2D eigenvalue weighted by Gasteiger charge is 2.19. The van der Waals surface area contributed by atoms with Crippen LogP contribution in [0.15, 0.2) is 30.6 Å². The van der Waals surface area contributed by atoms with Crippen LogP contribution in [0.4, 0.5) is 5.82 Å². The molecular weight excluding hydrogens is 306 g/mol. The summed E-state index contributed by atoms with van der Waals surface area (Å²) in [5, 5.41) is 4.72. The van der Waals surface area contributed by atoms with Gasteiger partial charge in [-0.2, -0.15) is 0 Å². The maximum Gasteiger partial charge on any atom is 0.138 e. The number of ether oxygens (including phenoxy) is 1. The van der Waals surface area contributed by atoms with E-state index >= 15 is 0 Å². The molecule has 0 aliphatic heterocycles. The van der Waals surface area contributed by atoms with Gasteiger partial charge in [-0.1, -0.05) is 12.1 Å². The molecule has 0 radical (unpaired) electrons. The quantitative estimate of drug-likeness (QED) is 0.781. The topological polar surface area (TPSA) is 47.0 Å². The van der Waals surface area contributed by atoms with Gasteiger partial charge in [0, 0.05) is 11.4 Å². The van der Waals surface area contributed by atoms with Crippen molar-refractivity contribution in [2.24, 2.45) is 0 Å². The van der Waals surface area contributed by atoms with E-state index in [-0.39, 0.29) is 0 Å². The SMILES string of the molecule is COc1cccc(CNc2ncnc3sc4c(c23)CCCC4)c1. The lowest BCUT2D eigenvalue weighted by Crippen LogP contribution is -2.04. The zero-order valence-corrected chi connectivity index (χ0v) is 13.9. The van der Waals surface area contributed by atoms with Gasteiger partial charge in [0.1, 0.15) is 22.7 Å². The van der Waals surface area contributed by atoms with E-state index in [4.69, 9.17) is 4.74 Å². The number of rotatable bonds is 4. The molecule has 118 valence electrons. The van der Waals surface area contributed by atoms with Crippen LogP contribution in [-0.4, -0.2) is 17.1 Å². The Morgan fingerprint density at radius 1 is 1.22 bits per heavy atom. The number of aryl methyl sites for hydroxylation is 2. The van der Waals surface area contributed by atoms with E-state index in [2.05, 4.69) is 27.4 Å². The molecule has 0 amide bonds. The van der Waals surface area contributed by atoms with Crippen molar-refractivity contribution in [3.63, 3.8) is 0 Å². The highest BCUT2D eigenvalue weighted by Crippen LogP contribution is 2.38. The van der Waals surface area contributed by atoms with E-state index in [1.165, 1.54) is 40.7 Å². The van der Waals surface area contributed by atoms with Crippen molar-refractivity contribution >= 4 is 27.4 Å². The Morgan fingerprint density at radius 2 is 2.13 bits per heavy atom. The van der Waals surface area contributed by atoms with Crippen LogP contribution in [-0.2, 0) is 19.4 Å². The Morgan fingerprint density at radius 3 is 3.04 bits per heavy atom. The molecule has 3 aromatic rings. The van der Waals surface area contributed by atoms with Crippen molar-refractivity contribution in [2.75, 3.05) is 12.4 Å². The molecule has 0 unspecified atom stereocenters. The molecule has 1 aliphatic carbocycles. The van der Waals surface area contributed by atoms with Crippen molar-refractivity contribution in [1.29, 1.82) is 0 Å². The molecule has 0 fully saturated rings. The van der Waals surface area contributed by atoms with E-state index < -0.39 is 0 Å². The molecular formula is C18H19N3OS. The van der Waals surface area contributed by atoms with Crippen molar-refractivity contribution in [3.8, 4) is 5.75 Å². The first-order valence-corrected chi connectivity index (χ1v) is 8.79. The lowest BCUT2D eigenvalue weighted by molar-refractivity contribution is 0.414. The number of anilines is 1. The van der Waals surface area contributed by atoms with Crippen LogP contribution in [0, 0.1) is 0 Å². The molecule has 0 bridgehead atoms. The standard InChI is InChI=1S/C18H19N3OS/c1-22-13-6-4-5-12(9-13)10-19-17-16-14-7-2-3-8-15(14)23-18(16)21-11-20-17/h4-6,9,11H,2-3,7-8,10H2,1H3,(H,19,20,21). The summed E-state index contributed by atoms with van der Waals surface area (Å²) in [4.78, 5) is 11.6. The zero-order chi connectivity index (χ0) is 15.6. The average Bonchev–Trinajstić information content (AvgIpc) is 2.99. The molecule has 0 spiro atoms. The predicted molar refractivity (Wildman–Crippen MR) is 94.4 cm³/mol. The fourth-order valence-electron chi connectivity index (χ4n) is 3.19. The predicted octanol–water partition coefficient (Wildman–Crippen LogP) is 4.19. The van der Waals surface area contributed by atoms with E-state index in [1.807, 2.05) is 23.5 Å². The first-order chi connectivity index (χ1) is 11.3. The summed E-state index contributed by atoms with van der Waals surface area (Å²) in [5.41, 5.74) is 2.64. The number of nitrogens with one attached hydrogen (secondary N) is 1. The molecule has 4 nitrogen and oxygen atoms in total. The number of thiophene rings is 1. The van der Waals surface area contributed by atoms with Crippen LogP contribution >= 0.6 is 11.3 Å². The minimum Gasteiger partial charge on any atom is -0.497 e. The summed E-state index contributed by atoms with van der Waals surface area (Å²) in [7, 11) is 1.69. The monoisotopic (exact) mass is 325 g/mol. The molecule has 5 heteroatoms. The van der Waals surface area contributed by atoms with Gasteiger partial charge in [0.15, 0.2) is 0 Å². The van der Waals surface area contributed by atoms with E-state index in [1.54, 1.807) is 13.4 Å². The second-order valence-electron chi connectivity index (χ2n) is 5.82. The van der Waals surface area contributed by atoms with Crippen LogP contribution < -0.4 is 10.1 Å². The molecule has 1 aliphatic rings. The van der Waals surface area contributed by atoms with Crippen molar-refractivity contribution in [3.05, 3.63) is 46.6 Å². The summed E-state index contributed by atoms with van der Waals surface area (Å²) in [6, 6.07) is 8.12. The lowest BCUT2D eigenvalue weighted by atomic mass is 9.97. The maximum atomic E-state index is 5.29. The molecule has 4 rings (SSSR count). The smallest absolute Gasteiger partial charge is 0.138 e. The van der Waals surface area contributed by atoms with Crippen LogP contribution in [0.2, 0.25) is 0 Å². The summed E-state index contributed by atoms with van der Waals surface area (Å²) >= 11 is 1.83. The second-order valence-corrected chi connectivity index (χ2v) is 6.90. The molecule has 0 atom stereocenters. The van der Waals surface area contributed by atoms with Crippen LogP contribution in [0.3, 0.4) is 0 Å². The van der Waals surface area contributed by atoms with Gasteiger partial charge in [-0.15, -0.1) is 11.3 Å². The Kier molecular flexibility index (Phi) is 3.87. The van der Waals surface area contributed by atoms with Crippen molar-refractivity contribution < 1.29 is 4.74 Å². The second kappa shape index (κ2) is 6.16. The van der Waals surface area contributed by atoms with E-state index in [0.29, 0.717) is 0 Å². The van der Waals surface area contributed by atoms with E-state index in [9.17, 15) is 0 Å². The van der Waals surface area contributed by atoms with Crippen LogP contribution in [0.1, 0.15) is 28.8 Å². The maximum absolute atomic E-state index is 5.29. The number of aromatic nitrogens is 2. The number of nitrogens with zero attached hydrogens (tertiary/aromatic N) is 2. The number of methoxy groups -OCH3 is 1. The average molecular weight is 325 g/mol. The number of hydrogen-bond donors (Lipinski definition) is 1. The van der Waals surface area contributed by atoms with Gasteiger partial charge < -0.3 is 10.1 Å². The highest BCUT2D eigenvalue weighted by atomic mass is 32.1. The molecule has 0 saturated heterocycles. The Bertz CT molecular complexity index is 843. The summed E-state index contributed by atoms with van der Waals surface area (Å²) in [6.07, 6.45) is 6.56. The third-order valence-electron chi connectivity index (χ3n) is 4.35. The molecule has 1 aromatic carbocycles. The normalized spacial score (nSPS) is 13.8. The fraction of sp³-hybridized carbons (Fsp3) is 0.333. The third-order valence-corrected chi connectivity index (χ3v) is 5.55. The largest absolute Gasteiger partial charge is 0.497 e. The van der Waals surface area contributed by atoms with Gasteiger partial charge >= 0.3 is 0 Å². The molecule has 0 saturated carbocycles. The molecule has 2 aromatic heterocycles. The summed E-state index contributed by atoms with van der Waals surface area (Å²) in [6.45, 7) is 0.730. The van der Waals surface area contributed by atoms with Gasteiger partial charge in [0.25, 0.3) is 0 Å². The molecule has 23 heavy (non-hydrogen) atoms. The lowest BCUT2D eigenvalue weighted by Gasteiger charge is -2.12. The Balaban J connectivity index is 1.65. The Hall–Kier alpha value is -2.14. The van der Waals surface area contributed by atoms with Crippen molar-refractivity contribution in [1.82, 2.24) is 9.97 Å². The van der Waals surface area contributed by atoms with Gasteiger partial charge in [0.05, 0.1) is 12.5 Å². The van der Waals surface area contributed by atoms with Crippen LogP contribution in [0.5, 0.6) is 5.75 Å². The minimum atomic E-state index is 0.730. The molecule has 1 N–H and O–H groups in total. The molecule has 2 heterocycles. The first kappa shape index (κ1) is 14.5. The number of fused-ring (bicyclic) bond motifs is 3. The summed E-state index contributed by atoms with van der Waals surface area (Å²) in [5.74, 6) is 1.84. The van der Waals surface area contributed by atoms with Crippen molar-refractivity contribution in [2.45, 2.75) is 32.2 Å². The zero-order valence-electron chi connectivity index (χ0n) is 13.1. The van der Waals surface area contributed by atoms with Gasteiger partial charge in [-0.25, -0.2) is 9.97 Å². The van der Waals surface area contributed by atoms with E-state index in [0.717, 1.165) is 29.4 Å². The van der Waals surface area contributed by atoms with Gasteiger partial charge in [-0.05, 0) is 48.9 Å². The third kappa shape index (κ3) is 2.77. The highest BCUT2D eigenvalue weighted by molar-refractivity contribution is 7.19. The minimum absolute atomic E-state index is 0.730. The number of benzene rings is 1. The first-order valence-electron chi connectivity index (χ1n) is 7.97. The van der Waals surface area contributed by atoms with Gasteiger partial charge in [-0.3, -0.25) is 0 Å². The van der Waals surface area contributed by atoms with Crippen LogP contribution in [0.25, 0.3) is 10.2 Å². The summed E-state index contributed by atoms with van der Waals surface area (Å²) < 4.78 is 5.29.